The summed E-state index contributed by atoms with van der Waals surface area (Å²) >= 11 is 0. The maximum Gasteiger partial charge on any atom is 0.196 e. The van der Waals surface area contributed by atoms with Crippen LogP contribution in [0.25, 0.3) is 0 Å². The Hall–Kier alpha value is -1.38. The molecule has 0 aromatic carbocycles. The van der Waals surface area contributed by atoms with E-state index in [4.69, 9.17) is 9.47 Å². The van der Waals surface area contributed by atoms with Gasteiger partial charge < -0.3 is 14.6 Å². The second-order valence-corrected chi connectivity index (χ2v) is 2.84. The molecule has 0 fully saturated rings. The molecule has 0 spiro atoms. The molecular formula is C10H14O3. The number of hydrogen-bond donors (Lipinski definition) is 1. The van der Waals surface area contributed by atoms with Crippen LogP contribution in [0.5, 0.6) is 0 Å². The van der Waals surface area contributed by atoms with Crippen LogP contribution < -0.4 is 0 Å². The molecule has 3 nitrogen and oxygen atoms in total. The van der Waals surface area contributed by atoms with Gasteiger partial charge in [-0.2, -0.15) is 0 Å². The molecule has 1 rings (SSSR count). The van der Waals surface area contributed by atoms with Gasteiger partial charge >= 0.3 is 0 Å². The molecule has 0 bridgehead atoms. The fourth-order valence-electron chi connectivity index (χ4n) is 1.16. The Kier molecular flexibility index (Phi) is 3.01. The first-order valence-electron chi connectivity index (χ1n) is 4.08. The highest BCUT2D eigenvalue weighted by Gasteiger charge is 2.13. The number of hydrogen-bond acceptors (Lipinski definition) is 3. The molecule has 0 radical (unpaired) electrons. The second kappa shape index (κ2) is 4.03. The van der Waals surface area contributed by atoms with E-state index in [-0.39, 0.29) is 5.76 Å². The zero-order valence-corrected chi connectivity index (χ0v) is 8.13. The first-order valence-corrected chi connectivity index (χ1v) is 4.08. The van der Waals surface area contributed by atoms with Gasteiger partial charge in [-0.15, -0.1) is 0 Å². The van der Waals surface area contributed by atoms with Gasteiger partial charge in [-0.3, -0.25) is 0 Å². The summed E-state index contributed by atoms with van der Waals surface area (Å²) < 4.78 is 10.0. The summed E-state index contributed by atoms with van der Waals surface area (Å²) in [7, 11) is 3.06. The van der Waals surface area contributed by atoms with Gasteiger partial charge in [-0.25, -0.2) is 0 Å². The van der Waals surface area contributed by atoms with Crippen molar-refractivity contribution in [2.75, 3.05) is 14.2 Å². The summed E-state index contributed by atoms with van der Waals surface area (Å²) in [5, 5.41) is 9.65. The van der Waals surface area contributed by atoms with Crippen molar-refractivity contribution in [3.63, 3.8) is 0 Å². The fourth-order valence-corrected chi connectivity index (χ4v) is 1.16. The van der Waals surface area contributed by atoms with Crippen LogP contribution in [0.1, 0.15) is 13.3 Å². The maximum absolute atomic E-state index is 9.65. The van der Waals surface area contributed by atoms with Gasteiger partial charge in [0.2, 0.25) is 0 Å². The molecule has 3 heteroatoms. The number of aliphatic hydroxyl groups excluding tert-OH is 1. The largest absolute Gasteiger partial charge is 0.502 e. The average Bonchev–Trinajstić information content (AvgIpc) is 2.26. The summed E-state index contributed by atoms with van der Waals surface area (Å²) in [5.74, 6) is 1.06. The van der Waals surface area contributed by atoms with Crippen molar-refractivity contribution in [1.82, 2.24) is 0 Å². The van der Waals surface area contributed by atoms with Gasteiger partial charge in [-0.05, 0) is 13.0 Å². The molecule has 1 aliphatic rings. The monoisotopic (exact) mass is 182 g/mol. The Morgan fingerprint density at radius 2 is 2.00 bits per heavy atom. The van der Waals surface area contributed by atoms with Gasteiger partial charge in [-0.1, -0.05) is 11.6 Å². The molecule has 72 valence electrons. The van der Waals surface area contributed by atoms with Crippen LogP contribution in [0.4, 0.5) is 0 Å². The SMILES string of the molecule is COC1=CC(C)=CCC(OC)=C1O. The maximum atomic E-state index is 9.65. The Morgan fingerprint density at radius 1 is 1.31 bits per heavy atom. The zero-order chi connectivity index (χ0) is 9.84. The minimum Gasteiger partial charge on any atom is -0.502 e. The topological polar surface area (TPSA) is 38.7 Å². The summed E-state index contributed by atoms with van der Waals surface area (Å²) in [6.45, 7) is 1.95. The summed E-state index contributed by atoms with van der Waals surface area (Å²) in [4.78, 5) is 0. The van der Waals surface area contributed by atoms with Gasteiger partial charge in [0, 0.05) is 6.42 Å². The summed E-state index contributed by atoms with van der Waals surface area (Å²) in [5.41, 5.74) is 1.05. The van der Waals surface area contributed by atoms with Crippen molar-refractivity contribution < 1.29 is 14.6 Å². The van der Waals surface area contributed by atoms with Gasteiger partial charge in [0.25, 0.3) is 0 Å². The van der Waals surface area contributed by atoms with Crippen LogP contribution in [0.15, 0.2) is 35.0 Å². The van der Waals surface area contributed by atoms with Crippen molar-refractivity contribution in [2.45, 2.75) is 13.3 Å². The number of methoxy groups -OCH3 is 2. The van der Waals surface area contributed by atoms with Crippen molar-refractivity contribution in [1.29, 1.82) is 0 Å². The van der Waals surface area contributed by atoms with Gasteiger partial charge in [0.1, 0.15) is 5.76 Å². The molecule has 0 aromatic rings. The molecule has 0 heterocycles. The molecule has 13 heavy (non-hydrogen) atoms. The van der Waals surface area contributed by atoms with Crippen LogP contribution in [0, 0.1) is 0 Å². The minimum atomic E-state index is 0.0816. The van der Waals surface area contributed by atoms with E-state index < -0.39 is 0 Å². The first kappa shape index (κ1) is 9.71. The van der Waals surface area contributed by atoms with Crippen molar-refractivity contribution in [2.24, 2.45) is 0 Å². The summed E-state index contributed by atoms with van der Waals surface area (Å²) in [6, 6.07) is 0. The normalized spacial score (nSPS) is 17.5. The zero-order valence-electron chi connectivity index (χ0n) is 8.13. The standard InChI is InChI=1S/C10H14O3/c1-7-4-5-8(12-2)10(11)9(6-7)13-3/h4,6,11H,5H2,1-3H3. The van der Waals surface area contributed by atoms with E-state index in [1.54, 1.807) is 6.08 Å². The quantitative estimate of drug-likeness (QED) is 0.712. The second-order valence-electron chi connectivity index (χ2n) is 2.84. The molecule has 0 aliphatic heterocycles. The van der Waals surface area contributed by atoms with Crippen LogP contribution in [-0.4, -0.2) is 19.3 Å². The lowest BCUT2D eigenvalue weighted by atomic mass is 10.2. The molecule has 1 N–H and O–H groups in total. The van der Waals surface area contributed by atoms with Crippen LogP contribution in [-0.2, 0) is 9.47 Å². The van der Waals surface area contributed by atoms with Crippen LogP contribution >= 0.6 is 0 Å². The number of rotatable bonds is 2. The number of ether oxygens (including phenoxy) is 2. The van der Waals surface area contributed by atoms with E-state index in [1.165, 1.54) is 14.2 Å². The highest BCUT2D eigenvalue weighted by atomic mass is 16.5. The fraction of sp³-hybridized carbons (Fsp3) is 0.400. The van der Waals surface area contributed by atoms with Crippen molar-refractivity contribution in [3.8, 4) is 0 Å². The third-order valence-corrected chi connectivity index (χ3v) is 1.93. The van der Waals surface area contributed by atoms with Crippen LogP contribution in [0.3, 0.4) is 0 Å². The molecule has 0 amide bonds. The lowest BCUT2D eigenvalue weighted by Gasteiger charge is -2.07. The third kappa shape index (κ3) is 2.05. The lowest BCUT2D eigenvalue weighted by molar-refractivity contribution is 0.214. The van der Waals surface area contributed by atoms with Gasteiger partial charge in [0.15, 0.2) is 11.5 Å². The van der Waals surface area contributed by atoms with E-state index in [0.29, 0.717) is 17.9 Å². The average molecular weight is 182 g/mol. The highest BCUT2D eigenvalue weighted by molar-refractivity contribution is 5.34. The molecule has 0 unspecified atom stereocenters. The number of allylic oxidation sites excluding steroid dienone is 3. The molecule has 0 atom stereocenters. The molecular weight excluding hydrogens is 168 g/mol. The Labute approximate surface area is 78.0 Å². The lowest BCUT2D eigenvalue weighted by Crippen LogP contribution is -1.97. The van der Waals surface area contributed by atoms with Crippen molar-refractivity contribution >= 4 is 0 Å². The van der Waals surface area contributed by atoms with E-state index >= 15 is 0 Å². The predicted molar refractivity (Wildman–Crippen MR) is 50.1 cm³/mol. The third-order valence-electron chi connectivity index (χ3n) is 1.93. The Bertz CT molecular complexity index is 285. The first-order chi connectivity index (χ1) is 6.19. The van der Waals surface area contributed by atoms with E-state index in [2.05, 4.69) is 0 Å². The molecule has 0 saturated carbocycles. The molecule has 0 aromatic heterocycles. The van der Waals surface area contributed by atoms with Gasteiger partial charge in [0.05, 0.1) is 14.2 Å². The van der Waals surface area contributed by atoms with E-state index in [1.807, 2.05) is 13.0 Å². The molecule has 0 saturated heterocycles. The minimum absolute atomic E-state index is 0.0816. The van der Waals surface area contributed by atoms with Crippen LogP contribution in [0.2, 0.25) is 0 Å². The predicted octanol–water partition coefficient (Wildman–Crippen LogP) is 2.28. The van der Waals surface area contributed by atoms with E-state index in [9.17, 15) is 5.11 Å². The Morgan fingerprint density at radius 3 is 2.54 bits per heavy atom. The van der Waals surface area contributed by atoms with Crippen molar-refractivity contribution in [3.05, 3.63) is 35.0 Å². The highest BCUT2D eigenvalue weighted by Crippen LogP contribution is 2.22. The Balaban J connectivity index is 3.06. The molecule has 1 aliphatic carbocycles. The smallest absolute Gasteiger partial charge is 0.196 e. The summed E-state index contributed by atoms with van der Waals surface area (Å²) in [6.07, 6.45) is 4.35. The van der Waals surface area contributed by atoms with E-state index in [0.717, 1.165) is 5.57 Å². The number of aliphatic hydroxyl groups is 1.